The van der Waals surface area contributed by atoms with Gasteiger partial charge in [-0.25, -0.2) is 28.8 Å². The third kappa shape index (κ3) is 84.3. The van der Waals surface area contributed by atoms with Crippen LogP contribution in [0.15, 0.2) is 0 Å². The molecule has 3 saturated carbocycles. The fourth-order valence-corrected chi connectivity index (χ4v) is 26.7. The molecule has 18 unspecified atom stereocenters. The summed E-state index contributed by atoms with van der Waals surface area (Å²) in [6.07, 6.45) is 7.60. The Bertz CT molecular complexity index is 3930. The molecule has 39 nitrogen and oxygen atoms in total. The molecule has 834 valence electrons. The number of hydrogen-bond acceptors (Lipinski definition) is 38. The number of Topliss-reactive ketones (excluding diaryl/α,β-unsaturated/α-hetero) is 5. The van der Waals surface area contributed by atoms with Crippen LogP contribution in [0, 0.1) is 0 Å². The first kappa shape index (κ1) is 140. The Morgan fingerprint density at radius 2 is 0.611 bits per heavy atom. The summed E-state index contributed by atoms with van der Waals surface area (Å²) in [5.41, 5.74) is 13.7. The van der Waals surface area contributed by atoms with Gasteiger partial charge in [-0.2, -0.15) is 70.6 Å². The van der Waals surface area contributed by atoms with Crippen LogP contribution in [0.1, 0.15) is 237 Å². The number of unbranched alkanes of at least 4 members (excludes halogenated alkanes) is 2. The van der Waals surface area contributed by atoms with Crippen molar-refractivity contribution in [2.75, 3.05) is 120 Å². The maximum atomic E-state index is 13.3. The lowest BCUT2D eigenvalue weighted by Crippen LogP contribution is -2.45. The third-order valence-corrected chi connectivity index (χ3v) is 36.2. The van der Waals surface area contributed by atoms with Gasteiger partial charge in [0.25, 0.3) is 6.47 Å². The number of thioether (sulfide) groups is 6. The quantitative estimate of drug-likeness (QED) is 0.00884. The highest BCUT2D eigenvalue weighted by Gasteiger charge is 2.36. The number of carbonyl (C=O) groups excluding carboxylic acids is 14. The van der Waals surface area contributed by atoms with Gasteiger partial charge >= 0.3 is 48.1 Å². The second kappa shape index (κ2) is 86.2. The highest BCUT2D eigenvalue weighted by atomic mass is 33.1. The molecule has 0 aromatic rings. The molecule has 0 heterocycles. The summed E-state index contributed by atoms with van der Waals surface area (Å²) < 4.78 is 41.6. The van der Waals surface area contributed by atoms with Crippen LogP contribution >= 0.6 is 163 Å². The predicted octanol–water partition coefficient (Wildman–Crippen LogP) is 11.3. The number of carbonyl (C=O) groups is 19. The normalized spacial score (nSPS) is 17.6. The molecule has 0 radical (unpaired) electrons. The van der Waals surface area contributed by atoms with Crippen LogP contribution in [0.4, 0.5) is 14.4 Å². The van der Waals surface area contributed by atoms with Crippen LogP contribution in [0.2, 0.25) is 0 Å². The maximum Gasteiger partial charge on any atom is 0.408 e. The van der Waals surface area contributed by atoms with Gasteiger partial charge in [0.1, 0.15) is 52.6 Å². The van der Waals surface area contributed by atoms with Gasteiger partial charge in [-0.15, -0.1) is 27.7 Å². The summed E-state index contributed by atoms with van der Waals surface area (Å²) >= 11 is 12.0. The van der Waals surface area contributed by atoms with Gasteiger partial charge in [0.2, 0.25) is 29.5 Å². The van der Waals surface area contributed by atoms with E-state index < -0.39 is 166 Å². The van der Waals surface area contributed by atoms with E-state index in [0.717, 1.165) is 107 Å². The monoisotopic (exact) mass is 2330 g/mol. The summed E-state index contributed by atoms with van der Waals surface area (Å²) in [5.74, 6) is -3.60. The van der Waals surface area contributed by atoms with E-state index in [1.807, 2.05) is 107 Å². The average Bonchev–Trinajstić information content (AvgIpc) is 0.864. The van der Waals surface area contributed by atoms with Crippen LogP contribution < -0.4 is 59.7 Å². The van der Waals surface area contributed by atoms with Gasteiger partial charge in [-0.1, -0.05) is 98.9 Å². The van der Waals surface area contributed by atoms with Gasteiger partial charge in [0, 0.05) is 158 Å². The number of carboxylic acids is 5. The zero-order valence-corrected chi connectivity index (χ0v) is 97.7. The number of ether oxygens (including phenoxy) is 4. The summed E-state index contributed by atoms with van der Waals surface area (Å²) in [6.45, 7) is 26.4. The number of alkyl carbamates (subject to hydrolysis) is 3. The number of nitrogens with one attached hydrogen (secondary N) is 8. The van der Waals surface area contributed by atoms with E-state index in [0.29, 0.717) is 35.1 Å². The van der Waals surface area contributed by atoms with Gasteiger partial charge in [-0.3, -0.25) is 62.3 Å². The topological polar surface area (TPSA) is 637 Å². The van der Waals surface area contributed by atoms with Crippen molar-refractivity contribution in [1.29, 1.82) is 0 Å². The van der Waals surface area contributed by atoms with Gasteiger partial charge in [0.15, 0.2) is 28.9 Å². The molecule has 8 amide bonds. The van der Waals surface area contributed by atoms with E-state index >= 15 is 0 Å². The predicted molar refractivity (Wildman–Crippen MR) is 605 cm³/mol. The molecular formula is C90H164N11O28P3S12. The van der Waals surface area contributed by atoms with Crippen molar-refractivity contribution < 1.29 is 140 Å². The maximum absolute atomic E-state index is 13.3. The second-order valence-corrected chi connectivity index (χ2v) is 52.3. The van der Waals surface area contributed by atoms with Gasteiger partial charge < -0.3 is 104 Å². The molecule has 0 spiro atoms. The molecule has 19 N–H and O–H groups in total. The van der Waals surface area contributed by atoms with Crippen molar-refractivity contribution in [2.24, 2.45) is 17.2 Å². The summed E-state index contributed by atoms with van der Waals surface area (Å²) in [5, 5.41) is 68.5. The molecule has 0 aromatic carbocycles. The zero-order valence-electron chi connectivity index (χ0n) is 87.4. The minimum atomic E-state index is -1.30. The van der Waals surface area contributed by atoms with Crippen molar-refractivity contribution in [3.05, 3.63) is 0 Å². The number of rotatable bonds is 69. The Labute approximate surface area is 911 Å². The van der Waals surface area contributed by atoms with Crippen LogP contribution in [0.5, 0.6) is 0 Å². The Hall–Kier alpha value is -4.30. The average molecular weight is 2330 g/mol. The third-order valence-electron chi connectivity index (χ3n) is 18.3. The number of hydrogen-bond donors (Lipinski definition) is 16. The first-order valence-electron chi connectivity index (χ1n) is 48.3. The lowest BCUT2D eigenvalue weighted by molar-refractivity contribution is -0.141. The molecule has 54 heteroatoms. The zero-order chi connectivity index (χ0) is 112. The van der Waals surface area contributed by atoms with Crippen LogP contribution in [-0.4, -0.2) is 349 Å². The van der Waals surface area contributed by atoms with Crippen LogP contribution in [-0.2, 0) is 95.7 Å². The van der Waals surface area contributed by atoms with E-state index in [-0.39, 0.29) is 124 Å². The Balaban J connectivity index is -0.000000936. The molecule has 0 saturated heterocycles. The molecule has 3 fully saturated rings. The molecule has 3 aliphatic carbocycles. The van der Waals surface area contributed by atoms with E-state index in [4.69, 9.17) is 50.8 Å². The van der Waals surface area contributed by atoms with E-state index in [1.54, 1.807) is 62.3 Å². The largest absolute Gasteiger partial charge is 0.481 e. The standard InChI is InChI=1S/C31H52N4O9P2S4.C27H48N2O7S4.C11H20N2O6S2.C8H18N2S2.C7H12NO4P.C5H10O2.CH4/c1-2-3-12-47-25-6-7-26(25)48-13-4-5-24(38)22(34-29(41)10-8-27(39)32-14-20(36)16-45)18-49-50-19-23(31(43)44)35-30(42)11-9-28(40)33-15-21(37)17-46;1-8-9-14-37-21-12-13-22(21)38-15-10-11-20(30)18(28-24(33)35-26(2,3)4)16-39-40-17-19(23(31)32)29-25(34)36-27(5,6)7;1-11(2,3)19-10(18)13-7(9(16)17)5-21-20-4-6(12)8(14)15;9-3-5-11-7-1-2-8(7)12-6-4-10;9-5(4-13)3-8-6(10)1-2-7(11)12;1-5(2,3)7-4-6;/h22-23,25-26H,2-19,45-46H2,1H3,(H,32,39)(H,33,40)(H,34,41)(H,35,42)(H,43,44);18-19,21-22H,8-17H2,1-7H3,(H,28,33)(H,29,34)(H,31,32);6-7H,4-5,12H2,1-3H3,(H,13,18)(H,14,15)(H,16,17);7-8H,1-6,9-10H2;1-4,13H2,(H,8,10)(H,11,12);4H,1-3H3;1H4/i16T,17T;;;;4T;;. The molecule has 0 aliphatic heterocycles. The number of nitrogens with two attached hydrogens (primary N) is 3. The molecule has 144 heavy (non-hydrogen) atoms. The fraction of sp³-hybridized carbons (Fsp3) is 0.789. The van der Waals surface area contributed by atoms with Crippen molar-refractivity contribution in [1.82, 2.24) is 42.5 Å². The number of amides is 8. The molecule has 18 atom stereocenters. The summed E-state index contributed by atoms with van der Waals surface area (Å²) in [6, 6.07) is -6.26. The summed E-state index contributed by atoms with van der Waals surface area (Å²) in [7, 11) is 13.0. The highest BCUT2D eigenvalue weighted by molar-refractivity contribution is 8.77. The summed E-state index contributed by atoms with van der Waals surface area (Å²) in [4.78, 5) is 221. The first-order valence-corrected chi connectivity index (χ1v) is 62.3. The van der Waals surface area contributed by atoms with Crippen LogP contribution in [0.25, 0.3) is 0 Å². The number of aliphatic carboxylic acids is 5. The highest BCUT2D eigenvalue weighted by Crippen LogP contribution is 2.43. The Morgan fingerprint density at radius 1 is 0.361 bits per heavy atom. The van der Waals surface area contributed by atoms with Crippen LogP contribution in [0.3, 0.4) is 0 Å². The van der Waals surface area contributed by atoms with E-state index in [9.17, 15) is 101 Å². The van der Waals surface area contributed by atoms with Crippen molar-refractivity contribution >= 4 is 276 Å². The molecule has 0 aromatic heterocycles. The minimum Gasteiger partial charge on any atom is -0.481 e. The van der Waals surface area contributed by atoms with E-state index in [1.165, 1.54) is 91.5 Å². The molecule has 3 aliphatic rings. The minimum absolute atomic E-state index is 0. The van der Waals surface area contributed by atoms with E-state index in [2.05, 4.69) is 72.9 Å². The smallest absolute Gasteiger partial charge is 0.408 e. The van der Waals surface area contributed by atoms with Gasteiger partial charge in [-0.05, 0) is 170 Å². The SMILES string of the molecule is C.CC(C)(C)OC(=O)NC(CSSCC(N)C(=O)O)C(=O)O.CC(C)(C)OC=O.CCCCSC1CCC1SCCCC(=O)C(CSSCC(NC(=O)OC(C)(C)C)C(=O)O)NC(=O)OC(C)(C)C.NCCSC1CCC1SCCN.[3H]C(P)C(=O)CNC(=O)CCC(=O)NC(CSSCC(NC(=O)CCC(=O)NCC(=O)C([3H])P)C(=O)CCCSC1CCC1SCCCC)C(=O)O.[3H]C(P)C(=O)CNC(=O)CCC(=O)O. The van der Waals surface area contributed by atoms with Crippen molar-refractivity contribution in [3.8, 4) is 0 Å². The molecular weight excluding hydrogens is 2160 g/mol. The lowest BCUT2D eigenvalue weighted by Gasteiger charge is -2.35. The van der Waals surface area contributed by atoms with Gasteiger partial charge in [0.05, 0.1) is 32.1 Å². The Morgan fingerprint density at radius 3 is 0.854 bits per heavy atom. The van der Waals surface area contributed by atoms with Crippen molar-refractivity contribution in [3.63, 3.8) is 0 Å². The second-order valence-electron chi connectivity index (χ2n) is 35.6. The molecule has 3 rings (SSSR count). The van der Waals surface area contributed by atoms with Crippen molar-refractivity contribution in [2.45, 2.75) is 323 Å². The fourth-order valence-electron chi connectivity index (χ4n) is 10.4. The first-order chi connectivity index (χ1) is 68.1. The number of carboxylic acid groups (broad SMARTS) is 5. The molecule has 0 bridgehead atoms. The Kier molecular flexibility index (Phi) is 83.6. The lowest BCUT2D eigenvalue weighted by atomic mass is 9.99. The number of ketones is 5.